The molecule has 144 valence electrons. The highest BCUT2D eigenvalue weighted by Crippen LogP contribution is 2.24. The fourth-order valence-electron chi connectivity index (χ4n) is 2.89. The number of carbonyl (C=O) groups is 1. The SMILES string of the molecule is O=C(CNS(=O)(=O)c1ccc(OC2CCCC2)cc1)NCc1ccccn1. The van der Waals surface area contributed by atoms with Gasteiger partial charge in [0.15, 0.2) is 0 Å². The summed E-state index contributed by atoms with van der Waals surface area (Å²) in [6.45, 7) is -0.0932. The zero-order chi connectivity index (χ0) is 19.1. The zero-order valence-corrected chi connectivity index (χ0v) is 15.7. The fraction of sp³-hybridized carbons (Fsp3) is 0.368. The van der Waals surface area contributed by atoms with E-state index in [1.54, 1.807) is 30.5 Å². The number of aromatic nitrogens is 1. The third-order valence-corrected chi connectivity index (χ3v) is 5.77. The monoisotopic (exact) mass is 389 g/mol. The van der Waals surface area contributed by atoms with E-state index in [1.807, 2.05) is 6.07 Å². The lowest BCUT2D eigenvalue weighted by molar-refractivity contribution is -0.120. The van der Waals surface area contributed by atoms with Crippen molar-refractivity contribution < 1.29 is 17.9 Å². The molecule has 0 spiro atoms. The molecule has 1 fully saturated rings. The van der Waals surface area contributed by atoms with Gasteiger partial charge in [-0.15, -0.1) is 0 Å². The van der Waals surface area contributed by atoms with Gasteiger partial charge >= 0.3 is 0 Å². The van der Waals surface area contributed by atoms with Crippen LogP contribution in [-0.4, -0.2) is 32.0 Å². The molecule has 1 aliphatic carbocycles. The van der Waals surface area contributed by atoms with Gasteiger partial charge in [-0.1, -0.05) is 6.07 Å². The Hall–Kier alpha value is -2.45. The lowest BCUT2D eigenvalue weighted by atomic mass is 10.3. The van der Waals surface area contributed by atoms with Crippen molar-refractivity contribution in [2.75, 3.05) is 6.54 Å². The Balaban J connectivity index is 1.49. The first-order valence-corrected chi connectivity index (χ1v) is 10.4. The maximum atomic E-state index is 12.3. The van der Waals surface area contributed by atoms with Crippen LogP contribution in [0.2, 0.25) is 0 Å². The van der Waals surface area contributed by atoms with E-state index in [9.17, 15) is 13.2 Å². The molecular weight excluding hydrogens is 366 g/mol. The van der Waals surface area contributed by atoms with E-state index in [0.29, 0.717) is 11.4 Å². The number of sulfonamides is 1. The van der Waals surface area contributed by atoms with Crippen molar-refractivity contribution in [3.05, 3.63) is 54.4 Å². The quantitative estimate of drug-likeness (QED) is 0.720. The van der Waals surface area contributed by atoms with Crippen LogP contribution in [0.1, 0.15) is 31.4 Å². The number of benzene rings is 1. The average molecular weight is 389 g/mol. The second-order valence-corrected chi connectivity index (χ2v) is 8.19. The number of hydrogen-bond acceptors (Lipinski definition) is 5. The van der Waals surface area contributed by atoms with E-state index in [1.165, 1.54) is 25.0 Å². The van der Waals surface area contributed by atoms with Crippen molar-refractivity contribution >= 4 is 15.9 Å². The van der Waals surface area contributed by atoms with Crippen molar-refractivity contribution in [1.82, 2.24) is 15.0 Å². The number of amides is 1. The van der Waals surface area contributed by atoms with E-state index >= 15 is 0 Å². The molecule has 1 aromatic carbocycles. The van der Waals surface area contributed by atoms with Crippen LogP contribution in [0.4, 0.5) is 0 Å². The molecule has 3 rings (SSSR count). The summed E-state index contributed by atoms with van der Waals surface area (Å²) in [6, 6.07) is 11.6. The van der Waals surface area contributed by atoms with Crippen LogP contribution in [0.3, 0.4) is 0 Å². The van der Waals surface area contributed by atoms with E-state index in [2.05, 4.69) is 15.0 Å². The number of rotatable bonds is 8. The molecule has 0 saturated heterocycles. The molecule has 27 heavy (non-hydrogen) atoms. The highest BCUT2D eigenvalue weighted by Gasteiger charge is 2.18. The Morgan fingerprint density at radius 3 is 2.52 bits per heavy atom. The molecular formula is C19H23N3O4S. The summed E-state index contributed by atoms with van der Waals surface area (Å²) in [7, 11) is -3.76. The minimum atomic E-state index is -3.76. The number of hydrogen-bond donors (Lipinski definition) is 2. The molecule has 2 N–H and O–H groups in total. The third-order valence-electron chi connectivity index (χ3n) is 4.35. The molecule has 0 bridgehead atoms. The lowest BCUT2D eigenvalue weighted by Gasteiger charge is -2.13. The maximum absolute atomic E-state index is 12.3. The van der Waals surface area contributed by atoms with Gasteiger partial charge in [-0.2, -0.15) is 0 Å². The molecule has 0 aliphatic heterocycles. The molecule has 1 aromatic heterocycles. The highest BCUT2D eigenvalue weighted by molar-refractivity contribution is 7.89. The molecule has 1 saturated carbocycles. The molecule has 1 amide bonds. The molecule has 0 radical (unpaired) electrons. The van der Waals surface area contributed by atoms with E-state index in [0.717, 1.165) is 12.8 Å². The zero-order valence-electron chi connectivity index (χ0n) is 14.9. The van der Waals surface area contributed by atoms with Crippen LogP contribution in [0.5, 0.6) is 5.75 Å². The van der Waals surface area contributed by atoms with Crippen molar-refractivity contribution in [2.24, 2.45) is 0 Å². The van der Waals surface area contributed by atoms with Gasteiger partial charge in [0.25, 0.3) is 0 Å². The van der Waals surface area contributed by atoms with Crippen molar-refractivity contribution in [3.8, 4) is 5.75 Å². The Morgan fingerprint density at radius 1 is 1.11 bits per heavy atom. The highest BCUT2D eigenvalue weighted by atomic mass is 32.2. The maximum Gasteiger partial charge on any atom is 0.241 e. The standard InChI is InChI=1S/C19H23N3O4S/c23-19(21-13-15-5-3-4-12-20-15)14-22-27(24,25)18-10-8-17(9-11-18)26-16-6-1-2-7-16/h3-5,8-12,16,22H,1-2,6-7,13-14H2,(H,21,23). The molecule has 1 aliphatic rings. The first kappa shape index (κ1) is 19.3. The number of carbonyl (C=O) groups excluding carboxylic acids is 1. The van der Waals surface area contributed by atoms with Gasteiger partial charge in [0, 0.05) is 6.20 Å². The van der Waals surface area contributed by atoms with Crippen LogP contribution in [-0.2, 0) is 21.4 Å². The molecule has 0 atom stereocenters. The molecule has 0 unspecified atom stereocenters. The normalized spacial score (nSPS) is 14.8. The van der Waals surface area contributed by atoms with Gasteiger partial charge in [0.05, 0.1) is 29.8 Å². The van der Waals surface area contributed by atoms with Crippen LogP contribution in [0.25, 0.3) is 0 Å². The van der Waals surface area contributed by atoms with Crippen LogP contribution in [0, 0.1) is 0 Å². The summed E-state index contributed by atoms with van der Waals surface area (Å²) < 4.78 is 32.8. The second kappa shape index (κ2) is 8.96. The molecule has 2 aromatic rings. The molecule has 7 nitrogen and oxygen atoms in total. The molecule has 1 heterocycles. The number of ether oxygens (including phenoxy) is 1. The topological polar surface area (TPSA) is 97.4 Å². The fourth-order valence-corrected chi connectivity index (χ4v) is 3.88. The Morgan fingerprint density at radius 2 is 1.85 bits per heavy atom. The van der Waals surface area contributed by atoms with E-state index in [-0.39, 0.29) is 24.1 Å². The largest absolute Gasteiger partial charge is 0.490 e. The number of nitrogens with one attached hydrogen (secondary N) is 2. The number of nitrogens with zero attached hydrogens (tertiary/aromatic N) is 1. The van der Waals surface area contributed by atoms with Gasteiger partial charge in [-0.25, -0.2) is 13.1 Å². The summed E-state index contributed by atoms with van der Waals surface area (Å²) >= 11 is 0. The van der Waals surface area contributed by atoms with Crippen molar-refractivity contribution in [2.45, 2.75) is 43.2 Å². The van der Waals surface area contributed by atoms with Crippen LogP contribution in [0.15, 0.2) is 53.6 Å². The average Bonchev–Trinajstić information content (AvgIpc) is 3.19. The minimum Gasteiger partial charge on any atom is -0.490 e. The van der Waals surface area contributed by atoms with E-state index < -0.39 is 15.9 Å². The van der Waals surface area contributed by atoms with Gasteiger partial charge in [-0.05, 0) is 62.1 Å². The first-order valence-electron chi connectivity index (χ1n) is 8.96. The minimum absolute atomic E-state index is 0.0961. The summed E-state index contributed by atoms with van der Waals surface area (Å²) in [6.07, 6.45) is 6.26. The Labute approximate surface area is 159 Å². The van der Waals surface area contributed by atoms with Gasteiger partial charge in [0.2, 0.25) is 15.9 Å². The Bertz CT molecular complexity index is 848. The third kappa shape index (κ3) is 5.77. The number of pyridine rings is 1. The summed E-state index contributed by atoms with van der Waals surface area (Å²) in [5.41, 5.74) is 0.701. The predicted octanol–water partition coefficient (Wildman–Crippen LogP) is 2.00. The Kier molecular flexibility index (Phi) is 6.41. The first-order chi connectivity index (χ1) is 13.0. The van der Waals surface area contributed by atoms with Gasteiger partial charge in [0.1, 0.15) is 5.75 Å². The van der Waals surface area contributed by atoms with Crippen molar-refractivity contribution in [3.63, 3.8) is 0 Å². The van der Waals surface area contributed by atoms with Crippen molar-refractivity contribution in [1.29, 1.82) is 0 Å². The second-order valence-electron chi connectivity index (χ2n) is 6.42. The predicted molar refractivity (Wildman–Crippen MR) is 101 cm³/mol. The molecule has 8 heteroatoms. The van der Waals surface area contributed by atoms with Gasteiger partial charge < -0.3 is 10.1 Å². The van der Waals surface area contributed by atoms with Gasteiger partial charge in [-0.3, -0.25) is 9.78 Å². The summed E-state index contributed by atoms with van der Waals surface area (Å²) in [4.78, 5) is 16.0. The van der Waals surface area contributed by atoms with Crippen LogP contribution < -0.4 is 14.8 Å². The van der Waals surface area contributed by atoms with Crippen LogP contribution >= 0.6 is 0 Å². The lowest BCUT2D eigenvalue weighted by Crippen LogP contribution is -2.36. The summed E-state index contributed by atoms with van der Waals surface area (Å²) in [5.74, 6) is 0.236. The smallest absolute Gasteiger partial charge is 0.241 e. The summed E-state index contributed by atoms with van der Waals surface area (Å²) in [5, 5.41) is 2.62. The van der Waals surface area contributed by atoms with E-state index in [4.69, 9.17) is 4.74 Å².